The summed E-state index contributed by atoms with van der Waals surface area (Å²) in [5, 5.41) is 4.18. The second kappa shape index (κ2) is 6.18. The Labute approximate surface area is 145 Å². The SMILES string of the molecule is Cc1ccccc1C(=O)c1cnn(-c2ccc(S(C)(=O)=O)cc2)c1N. The molecule has 1 aromatic heterocycles. The Bertz CT molecular complexity index is 1050. The maximum atomic E-state index is 12.7. The molecule has 3 rings (SSSR count). The lowest BCUT2D eigenvalue weighted by Crippen LogP contribution is -2.08. The summed E-state index contributed by atoms with van der Waals surface area (Å²) in [6.45, 7) is 1.86. The third-order valence-electron chi connectivity index (χ3n) is 3.95. The Morgan fingerprint density at radius 1 is 1.04 bits per heavy atom. The monoisotopic (exact) mass is 355 g/mol. The van der Waals surface area contributed by atoms with E-state index in [1.54, 1.807) is 24.3 Å². The van der Waals surface area contributed by atoms with Gasteiger partial charge in [0.1, 0.15) is 5.82 Å². The van der Waals surface area contributed by atoms with Crippen LogP contribution >= 0.6 is 0 Å². The molecule has 1 heterocycles. The fourth-order valence-electron chi connectivity index (χ4n) is 2.55. The first kappa shape index (κ1) is 16.9. The summed E-state index contributed by atoms with van der Waals surface area (Å²) >= 11 is 0. The number of sulfone groups is 1. The molecule has 0 radical (unpaired) electrons. The van der Waals surface area contributed by atoms with Crippen LogP contribution in [0.2, 0.25) is 0 Å². The Hall–Kier alpha value is -2.93. The number of rotatable bonds is 4. The van der Waals surface area contributed by atoms with Crippen LogP contribution in [-0.4, -0.2) is 30.2 Å². The molecule has 0 saturated carbocycles. The van der Waals surface area contributed by atoms with Crippen LogP contribution in [-0.2, 0) is 9.84 Å². The molecule has 7 heteroatoms. The molecule has 0 aliphatic rings. The van der Waals surface area contributed by atoms with E-state index in [-0.39, 0.29) is 16.5 Å². The highest BCUT2D eigenvalue weighted by molar-refractivity contribution is 7.90. The third kappa shape index (κ3) is 3.18. The van der Waals surface area contributed by atoms with Crippen molar-refractivity contribution in [3.63, 3.8) is 0 Å². The lowest BCUT2D eigenvalue weighted by atomic mass is 10.0. The van der Waals surface area contributed by atoms with E-state index in [2.05, 4.69) is 5.10 Å². The topological polar surface area (TPSA) is 95.0 Å². The van der Waals surface area contributed by atoms with Crippen LogP contribution in [0.5, 0.6) is 0 Å². The summed E-state index contributed by atoms with van der Waals surface area (Å²) in [5.74, 6) is 0.00923. The molecular weight excluding hydrogens is 338 g/mol. The van der Waals surface area contributed by atoms with Crippen molar-refractivity contribution in [2.45, 2.75) is 11.8 Å². The van der Waals surface area contributed by atoms with Gasteiger partial charge in [0.25, 0.3) is 0 Å². The van der Waals surface area contributed by atoms with E-state index in [0.717, 1.165) is 11.8 Å². The van der Waals surface area contributed by atoms with Gasteiger partial charge in [0, 0.05) is 11.8 Å². The number of ketones is 1. The molecule has 0 unspecified atom stereocenters. The number of carbonyl (C=O) groups excluding carboxylic acids is 1. The second-order valence-corrected chi connectivity index (χ2v) is 7.78. The van der Waals surface area contributed by atoms with Gasteiger partial charge >= 0.3 is 0 Å². The molecule has 2 aromatic carbocycles. The van der Waals surface area contributed by atoms with E-state index < -0.39 is 9.84 Å². The lowest BCUT2D eigenvalue weighted by Gasteiger charge is -2.07. The van der Waals surface area contributed by atoms with Gasteiger partial charge < -0.3 is 5.73 Å². The van der Waals surface area contributed by atoms with Gasteiger partial charge in [-0.2, -0.15) is 5.10 Å². The first-order chi connectivity index (χ1) is 11.8. The highest BCUT2D eigenvalue weighted by atomic mass is 32.2. The first-order valence-corrected chi connectivity index (χ1v) is 9.42. The minimum Gasteiger partial charge on any atom is -0.383 e. The number of hydrogen-bond donors (Lipinski definition) is 1. The van der Waals surface area contributed by atoms with Crippen molar-refractivity contribution in [1.29, 1.82) is 0 Å². The van der Waals surface area contributed by atoms with E-state index in [4.69, 9.17) is 5.73 Å². The van der Waals surface area contributed by atoms with Crippen molar-refractivity contribution in [3.05, 3.63) is 71.4 Å². The van der Waals surface area contributed by atoms with Crippen LogP contribution in [0.4, 0.5) is 5.82 Å². The maximum absolute atomic E-state index is 12.7. The van der Waals surface area contributed by atoms with Crippen LogP contribution in [0, 0.1) is 6.92 Å². The van der Waals surface area contributed by atoms with Crippen LogP contribution < -0.4 is 5.73 Å². The molecule has 0 saturated heterocycles. The van der Waals surface area contributed by atoms with Crippen molar-refractivity contribution >= 4 is 21.4 Å². The van der Waals surface area contributed by atoms with Gasteiger partial charge in [-0.3, -0.25) is 4.79 Å². The summed E-state index contributed by atoms with van der Waals surface area (Å²) in [6.07, 6.45) is 2.57. The zero-order valence-electron chi connectivity index (χ0n) is 13.8. The average Bonchev–Trinajstić information content (AvgIpc) is 2.95. The van der Waals surface area contributed by atoms with Gasteiger partial charge in [-0.05, 0) is 36.8 Å². The number of anilines is 1. The molecule has 3 aromatic rings. The number of aryl methyl sites for hydroxylation is 1. The van der Waals surface area contributed by atoms with Crippen LogP contribution in [0.3, 0.4) is 0 Å². The standard InChI is InChI=1S/C18H17N3O3S/c1-12-5-3-4-6-15(12)17(22)16-11-20-21(18(16)19)13-7-9-14(10-8-13)25(2,23)24/h3-11H,19H2,1-2H3. The quantitative estimate of drug-likeness (QED) is 0.725. The molecule has 0 amide bonds. The zero-order valence-corrected chi connectivity index (χ0v) is 14.6. The van der Waals surface area contributed by atoms with Gasteiger partial charge in [0.05, 0.1) is 22.3 Å². The van der Waals surface area contributed by atoms with Crippen molar-refractivity contribution in [3.8, 4) is 5.69 Å². The fraction of sp³-hybridized carbons (Fsp3) is 0.111. The van der Waals surface area contributed by atoms with Crippen LogP contribution in [0.1, 0.15) is 21.5 Å². The van der Waals surface area contributed by atoms with Crippen LogP contribution in [0.25, 0.3) is 5.69 Å². The van der Waals surface area contributed by atoms with E-state index >= 15 is 0 Å². The van der Waals surface area contributed by atoms with Gasteiger partial charge in [0.15, 0.2) is 15.6 Å². The molecule has 0 bridgehead atoms. The molecule has 25 heavy (non-hydrogen) atoms. The molecule has 128 valence electrons. The Kier molecular flexibility index (Phi) is 4.18. The molecule has 2 N–H and O–H groups in total. The minimum atomic E-state index is -3.28. The summed E-state index contributed by atoms with van der Waals surface area (Å²) in [5.41, 5.74) is 8.42. The van der Waals surface area contributed by atoms with Gasteiger partial charge in [-0.1, -0.05) is 24.3 Å². The second-order valence-electron chi connectivity index (χ2n) is 5.77. The summed E-state index contributed by atoms with van der Waals surface area (Å²) in [6, 6.07) is 13.4. The number of benzene rings is 2. The Morgan fingerprint density at radius 3 is 2.28 bits per heavy atom. The van der Waals surface area contributed by atoms with E-state index in [0.29, 0.717) is 16.8 Å². The summed E-state index contributed by atoms with van der Waals surface area (Å²) in [4.78, 5) is 12.9. The highest BCUT2D eigenvalue weighted by Gasteiger charge is 2.19. The summed E-state index contributed by atoms with van der Waals surface area (Å²) < 4.78 is 24.5. The molecule has 6 nitrogen and oxygen atoms in total. The first-order valence-electron chi connectivity index (χ1n) is 7.53. The number of hydrogen-bond acceptors (Lipinski definition) is 5. The average molecular weight is 355 g/mol. The predicted molar refractivity (Wildman–Crippen MR) is 95.7 cm³/mol. The largest absolute Gasteiger partial charge is 0.383 e. The third-order valence-corrected chi connectivity index (χ3v) is 5.08. The number of carbonyl (C=O) groups is 1. The molecule has 0 aliphatic carbocycles. The number of aromatic nitrogens is 2. The van der Waals surface area contributed by atoms with Crippen LogP contribution in [0.15, 0.2) is 59.6 Å². The predicted octanol–water partition coefficient (Wildman–Crippen LogP) is 2.40. The number of nitrogens with zero attached hydrogens (tertiary/aromatic N) is 2. The fourth-order valence-corrected chi connectivity index (χ4v) is 3.18. The molecule has 0 spiro atoms. The lowest BCUT2D eigenvalue weighted by molar-refractivity contribution is 0.103. The molecule has 0 fully saturated rings. The van der Waals surface area contributed by atoms with Crippen molar-refractivity contribution in [1.82, 2.24) is 9.78 Å². The molecular formula is C18H17N3O3S. The van der Waals surface area contributed by atoms with E-state index in [1.807, 2.05) is 19.1 Å². The maximum Gasteiger partial charge on any atom is 0.198 e. The zero-order chi connectivity index (χ0) is 18.2. The Balaban J connectivity index is 1.99. The van der Waals surface area contributed by atoms with E-state index in [1.165, 1.54) is 23.0 Å². The normalized spacial score (nSPS) is 11.4. The minimum absolute atomic E-state index is 0.199. The summed E-state index contributed by atoms with van der Waals surface area (Å²) in [7, 11) is -3.28. The van der Waals surface area contributed by atoms with Crippen molar-refractivity contribution in [2.24, 2.45) is 0 Å². The molecule has 0 atom stereocenters. The van der Waals surface area contributed by atoms with Gasteiger partial charge in [-0.15, -0.1) is 0 Å². The Morgan fingerprint density at radius 2 is 1.68 bits per heavy atom. The van der Waals surface area contributed by atoms with Crippen molar-refractivity contribution < 1.29 is 13.2 Å². The number of nitrogens with two attached hydrogens (primary N) is 1. The highest BCUT2D eigenvalue weighted by Crippen LogP contribution is 2.22. The number of nitrogen functional groups attached to an aromatic ring is 1. The van der Waals surface area contributed by atoms with Gasteiger partial charge in [0.2, 0.25) is 0 Å². The van der Waals surface area contributed by atoms with Crippen molar-refractivity contribution in [2.75, 3.05) is 12.0 Å². The molecule has 0 aliphatic heterocycles. The van der Waals surface area contributed by atoms with E-state index in [9.17, 15) is 13.2 Å². The smallest absolute Gasteiger partial charge is 0.198 e. The van der Waals surface area contributed by atoms with Gasteiger partial charge in [-0.25, -0.2) is 13.1 Å².